The third-order valence-electron chi connectivity index (χ3n) is 2.38. The number of nitrogens with zero attached hydrogens (tertiary/aromatic N) is 1. The van der Waals surface area contributed by atoms with Gasteiger partial charge >= 0.3 is 0 Å². The summed E-state index contributed by atoms with van der Waals surface area (Å²) in [4.78, 5) is 4.31. The van der Waals surface area contributed by atoms with Gasteiger partial charge in [-0.05, 0) is 46.6 Å². The minimum atomic E-state index is 0.603. The maximum absolute atomic E-state index is 5.59. The van der Waals surface area contributed by atoms with Gasteiger partial charge in [0.15, 0.2) is 0 Å². The normalized spacial score (nSPS) is 10.1. The van der Waals surface area contributed by atoms with Crippen LogP contribution in [-0.4, -0.2) is 18.1 Å². The van der Waals surface area contributed by atoms with E-state index in [2.05, 4.69) is 26.2 Å². The van der Waals surface area contributed by atoms with Crippen molar-refractivity contribution in [2.45, 2.75) is 6.92 Å². The Balaban J connectivity index is 1.79. The molecule has 2 aromatic rings. The Morgan fingerprint density at radius 1 is 1.28 bits per heavy atom. The fourth-order valence-corrected chi connectivity index (χ4v) is 2.12. The Bertz CT molecular complexity index is 502. The highest BCUT2D eigenvalue weighted by Crippen LogP contribution is 2.20. The lowest BCUT2D eigenvalue weighted by Crippen LogP contribution is -2.12. The first-order valence-corrected chi connectivity index (χ1v) is 6.59. The molecule has 0 amide bonds. The maximum Gasteiger partial charge on any atom is 0.140 e. The molecular formula is C14H15BrN2O. The zero-order valence-corrected chi connectivity index (χ0v) is 11.8. The highest BCUT2D eigenvalue weighted by molar-refractivity contribution is 9.10. The number of para-hydroxylation sites is 1. The van der Waals surface area contributed by atoms with E-state index in [1.54, 1.807) is 0 Å². The van der Waals surface area contributed by atoms with Crippen molar-refractivity contribution < 1.29 is 4.74 Å². The van der Waals surface area contributed by atoms with Crippen LogP contribution in [-0.2, 0) is 0 Å². The average Bonchev–Trinajstić information content (AvgIpc) is 2.38. The van der Waals surface area contributed by atoms with Gasteiger partial charge in [0.25, 0.3) is 0 Å². The molecule has 1 aromatic carbocycles. The van der Waals surface area contributed by atoms with Crippen LogP contribution in [0.25, 0.3) is 0 Å². The molecule has 1 aromatic heterocycles. The Morgan fingerprint density at radius 2 is 2.06 bits per heavy atom. The molecule has 0 aliphatic rings. The first-order valence-electron chi connectivity index (χ1n) is 5.79. The van der Waals surface area contributed by atoms with E-state index in [0.717, 1.165) is 21.6 Å². The second-order valence-corrected chi connectivity index (χ2v) is 4.79. The SMILES string of the molecule is Cc1cnc(NCCOc2ccccc2)c(Br)c1. The lowest BCUT2D eigenvalue weighted by molar-refractivity contribution is 0.332. The maximum atomic E-state index is 5.59. The fraction of sp³-hybridized carbons (Fsp3) is 0.214. The molecule has 2 rings (SSSR count). The van der Waals surface area contributed by atoms with Crippen molar-refractivity contribution in [1.29, 1.82) is 0 Å². The van der Waals surface area contributed by atoms with Crippen LogP contribution >= 0.6 is 15.9 Å². The fourth-order valence-electron chi connectivity index (χ4n) is 1.52. The van der Waals surface area contributed by atoms with Crippen molar-refractivity contribution in [1.82, 2.24) is 4.98 Å². The average molecular weight is 307 g/mol. The van der Waals surface area contributed by atoms with Gasteiger partial charge in [-0.1, -0.05) is 18.2 Å². The number of halogens is 1. The molecule has 94 valence electrons. The van der Waals surface area contributed by atoms with E-state index in [4.69, 9.17) is 4.74 Å². The summed E-state index contributed by atoms with van der Waals surface area (Å²) in [6.07, 6.45) is 1.84. The van der Waals surface area contributed by atoms with E-state index in [-0.39, 0.29) is 0 Å². The molecule has 0 saturated carbocycles. The molecule has 0 spiro atoms. The molecule has 0 bridgehead atoms. The molecule has 1 heterocycles. The van der Waals surface area contributed by atoms with Gasteiger partial charge < -0.3 is 10.1 Å². The predicted molar refractivity (Wildman–Crippen MR) is 77.1 cm³/mol. The highest BCUT2D eigenvalue weighted by atomic mass is 79.9. The largest absolute Gasteiger partial charge is 0.492 e. The van der Waals surface area contributed by atoms with Crippen LogP contribution in [0.2, 0.25) is 0 Å². The van der Waals surface area contributed by atoms with Crippen LogP contribution in [0.3, 0.4) is 0 Å². The van der Waals surface area contributed by atoms with Crippen LogP contribution in [0, 0.1) is 6.92 Å². The summed E-state index contributed by atoms with van der Waals surface area (Å²) in [5.74, 6) is 1.73. The first-order chi connectivity index (χ1) is 8.75. The monoisotopic (exact) mass is 306 g/mol. The van der Waals surface area contributed by atoms with Gasteiger partial charge in [0.05, 0.1) is 11.0 Å². The lowest BCUT2D eigenvalue weighted by Gasteiger charge is -2.09. The molecule has 18 heavy (non-hydrogen) atoms. The number of ether oxygens (including phenoxy) is 1. The standard InChI is InChI=1S/C14H15BrN2O/c1-11-9-13(15)14(17-10-11)16-7-8-18-12-5-3-2-4-6-12/h2-6,9-10H,7-8H2,1H3,(H,16,17). The van der Waals surface area contributed by atoms with Crippen LogP contribution in [0.5, 0.6) is 5.75 Å². The van der Waals surface area contributed by atoms with Gasteiger partial charge in [-0.3, -0.25) is 0 Å². The number of hydrogen-bond donors (Lipinski definition) is 1. The van der Waals surface area contributed by atoms with Crippen molar-refractivity contribution in [2.24, 2.45) is 0 Å². The first kappa shape index (κ1) is 12.9. The summed E-state index contributed by atoms with van der Waals surface area (Å²) < 4.78 is 6.56. The van der Waals surface area contributed by atoms with E-state index in [1.165, 1.54) is 0 Å². The molecule has 0 aliphatic heterocycles. The second kappa shape index (κ2) is 6.40. The van der Waals surface area contributed by atoms with Crippen molar-refractivity contribution in [2.75, 3.05) is 18.5 Å². The summed E-state index contributed by atoms with van der Waals surface area (Å²) in [5.41, 5.74) is 1.13. The Kier molecular flexibility index (Phi) is 4.59. The van der Waals surface area contributed by atoms with Crippen molar-refractivity contribution >= 4 is 21.7 Å². The Hall–Kier alpha value is -1.55. The summed E-state index contributed by atoms with van der Waals surface area (Å²) in [6.45, 7) is 3.33. The Labute approximate surface area is 115 Å². The number of pyridine rings is 1. The molecule has 4 heteroatoms. The van der Waals surface area contributed by atoms with Crippen molar-refractivity contribution in [3.05, 3.63) is 52.6 Å². The van der Waals surface area contributed by atoms with Gasteiger partial charge in [-0.25, -0.2) is 4.98 Å². The van der Waals surface area contributed by atoms with Crippen molar-refractivity contribution in [3.8, 4) is 5.75 Å². The number of aryl methyl sites for hydroxylation is 1. The van der Waals surface area contributed by atoms with Gasteiger partial charge in [-0.2, -0.15) is 0 Å². The smallest absolute Gasteiger partial charge is 0.140 e. The molecule has 1 N–H and O–H groups in total. The molecule has 0 atom stereocenters. The molecule has 3 nitrogen and oxygen atoms in total. The van der Waals surface area contributed by atoms with Crippen LogP contribution in [0.1, 0.15) is 5.56 Å². The van der Waals surface area contributed by atoms with Crippen LogP contribution in [0.15, 0.2) is 47.1 Å². The minimum Gasteiger partial charge on any atom is -0.492 e. The van der Waals surface area contributed by atoms with Gasteiger partial charge in [0, 0.05) is 6.20 Å². The molecule has 0 saturated heterocycles. The summed E-state index contributed by atoms with van der Waals surface area (Å²) in [5, 5.41) is 3.23. The third kappa shape index (κ3) is 3.74. The van der Waals surface area contributed by atoms with E-state index >= 15 is 0 Å². The van der Waals surface area contributed by atoms with E-state index in [0.29, 0.717) is 13.2 Å². The number of aromatic nitrogens is 1. The zero-order chi connectivity index (χ0) is 12.8. The summed E-state index contributed by atoms with van der Waals surface area (Å²) in [7, 11) is 0. The van der Waals surface area contributed by atoms with Crippen LogP contribution < -0.4 is 10.1 Å². The van der Waals surface area contributed by atoms with Crippen LogP contribution in [0.4, 0.5) is 5.82 Å². The molecular weight excluding hydrogens is 292 g/mol. The number of nitrogens with one attached hydrogen (secondary N) is 1. The molecule has 0 aliphatic carbocycles. The number of benzene rings is 1. The van der Waals surface area contributed by atoms with Crippen molar-refractivity contribution in [3.63, 3.8) is 0 Å². The number of hydrogen-bond acceptors (Lipinski definition) is 3. The van der Waals surface area contributed by atoms with Gasteiger partial charge in [-0.15, -0.1) is 0 Å². The van der Waals surface area contributed by atoms with E-state index in [9.17, 15) is 0 Å². The van der Waals surface area contributed by atoms with Gasteiger partial charge in [0.1, 0.15) is 18.2 Å². The topological polar surface area (TPSA) is 34.2 Å². The van der Waals surface area contributed by atoms with E-state index < -0.39 is 0 Å². The molecule has 0 radical (unpaired) electrons. The zero-order valence-electron chi connectivity index (χ0n) is 10.2. The van der Waals surface area contributed by atoms with Gasteiger partial charge in [0.2, 0.25) is 0 Å². The van der Waals surface area contributed by atoms with E-state index in [1.807, 2.05) is 49.5 Å². The highest BCUT2D eigenvalue weighted by Gasteiger charge is 2.00. The predicted octanol–water partition coefficient (Wildman–Crippen LogP) is 3.64. The summed E-state index contributed by atoms with van der Waals surface area (Å²) >= 11 is 3.48. The number of rotatable bonds is 5. The molecule has 0 fully saturated rings. The minimum absolute atomic E-state index is 0.603. The number of anilines is 1. The third-order valence-corrected chi connectivity index (χ3v) is 2.99. The molecule has 0 unspecified atom stereocenters. The quantitative estimate of drug-likeness (QED) is 0.856. The summed E-state index contributed by atoms with van der Waals surface area (Å²) in [6, 6.07) is 11.8. The Morgan fingerprint density at radius 3 is 2.78 bits per heavy atom. The lowest BCUT2D eigenvalue weighted by atomic mass is 10.3. The second-order valence-electron chi connectivity index (χ2n) is 3.93.